The third kappa shape index (κ3) is 1.79. The van der Waals surface area contributed by atoms with Gasteiger partial charge in [0.05, 0.1) is 5.84 Å². The highest BCUT2D eigenvalue weighted by Crippen LogP contribution is 2.24. The van der Waals surface area contributed by atoms with E-state index < -0.39 is 0 Å². The van der Waals surface area contributed by atoms with Crippen molar-refractivity contribution >= 4 is 5.84 Å². The first-order valence-electron chi connectivity index (χ1n) is 5.00. The highest BCUT2D eigenvalue weighted by molar-refractivity contribution is 5.79. The summed E-state index contributed by atoms with van der Waals surface area (Å²) < 4.78 is 0. The monoisotopic (exact) mass is 168 g/mol. The highest BCUT2D eigenvalue weighted by atomic mass is 15.2. The van der Waals surface area contributed by atoms with Gasteiger partial charge in [-0.3, -0.25) is 5.41 Å². The highest BCUT2D eigenvalue weighted by Gasteiger charge is 2.28. The van der Waals surface area contributed by atoms with E-state index in [4.69, 9.17) is 5.41 Å². The minimum atomic E-state index is 0.587. The second-order valence-corrected chi connectivity index (χ2v) is 3.90. The Bertz CT molecular complexity index is 165. The first kappa shape index (κ1) is 9.56. The fraction of sp³-hybridized carbons (Fsp3) is 0.900. The molecule has 1 heterocycles. The van der Waals surface area contributed by atoms with Gasteiger partial charge in [0.15, 0.2) is 0 Å². The van der Waals surface area contributed by atoms with Gasteiger partial charge < -0.3 is 4.90 Å². The van der Waals surface area contributed by atoms with Crippen molar-refractivity contribution in [3.8, 4) is 0 Å². The molecule has 70 valence electrons. The van der Waals surface area contributed by atoms with Crippen molar-refractivity contribution in [3.05, 3.63) is 0 Å². The molecule has 1 N–H and O–H groups in total. The molecule has 1 aliphatic rings. The maximum atomic E-state index is 7.83. The number of nitrogens with zero attached hydrogens (tertiary/aromatic N) is 1. The first-order chi connectivity index (χ1) is 5.66. The Morgan fingerprint density at radius 1 is 1.50 bits per heavy atom. The molecule has 1 saturated heterocycles. The van der Waals surface area contributed by atoms with E-state index in [9.17, 15) is 0 Å². The SMILES string of the molecule is CCCC(=N)N1CCC(C)C1C. The van der Waals surface area contributed by atoms with E-state index in [2.05, 4.69) is 25.7 Å². The van der Waals surface area contributed by atoms with Crippen LogP contribution in [0.25, 0.3) is 0 Å². The second kappa shape index (κ2) is 3.92. The molecule has 0 aromatic carbocycles. The van der Waals surface area contributed by atoms with Gasteiger partial charge in [-0.25, -0.2) is 0 Å². The van der Waals surface area contributed by atoms with E-state index in [0.29, 0.717) is 6.04 Å². The van der Waals surface area contributed by atoms with Crippen LogP contribution in [0.2, 0.25) is 0 Å². The lowest BCUT2D eigenvalue weighted by atomic mass is 10.1. The molecule has 12 heavy (non-hydrogen) atoms. The summed E-state index contributed by atoms with van der Waals surface area (Å²) in [7, 11) is 0. The van der Waals surface area contributed by atoms with Crippen LogP contribution in [0.15, 0.2) is 0 Å². The van der Waals surface area contributed by atoms with Crippen molar-refractivity contribution in [2.75, 3.05) is 6.54 Å². The Balaban J connectivity index is 2.47. The van der Waals surface area contributed by atoms with E-state index in [-0.39, 0.29) is 0 Å². The van der Waals surface area contributed by atoms with Gasteiger partial charge in [-0.05, 0) is 25.7 Å². The molecule has 2 heteroatoms. The van der Waals surface area contributed by atoms with Gasteiger partial charge in [0.1, 0.15) is 0 Å². The summed E-state index contributed by atoms with van der Waals surface area (Å²) >= 11 is 0. The Morgan fingerprint density at radius 2 is 2.17 bits per heavy atom. The number of nitrogens with one attached hydrogen (secondary N) is 1. The van der Waals surface area contributed by atoms with Crippen LogP contribution >= 0.6 is 0 Å². The van der Waals surface area contributed by atoms with Crippen molar-refractivity contribution in [2.45, 2.75) is 46.1 Å². The van der Waals surface area contributed by atoms with Crippen LogP contribution < -0.4 is 0 Å². The summed E-state index contributed by atoms with van der Waals surface area (Å²) in [5.41, 5.74) is 0. The van der Waals surface area contributed by atoms with E-state index in [1.54, 1.807) is 0 Å². The number of hydrogen-bond donors (Lipinski definition) is 1. The lowest BCUT2D eigenvalue weighted by Crippen LogP contribution is -2.34. The lowest BCUT2D eigenvalue weighted by molar-refractivity contribution is 0.361. The Labute approximate surface area is 75.5 Å². The standard InChI is InChI=1S/C10H20N2/c1-4-5-10(11)12-7-6-8(2)9(12)3/h8-9,11H,4-7H2,1-3H3. The van der Waals surface area contributed by atoms with Crippen LogP contribution in [-0.2, 0) is 0 Å². The normalized spacial score (nSPS) is 29.4. The molecule has 1 rings (SSSR count). The van der Waals surface area contributed by atoms with Gasteiger partial charge in [0.25, 0.3) is 0 Å². The van der Waals surface area contributed by atoms with Crippen LogP contribution in [0.1, 0.15) is 40.0 Å². The predicted octanol–water partition coefficient (Wildman–Crippen LogP) is 2.49. The van der Waals surface area contributed by atoms with E-state index in [0.717, 1.165) is 31.1 Å². The van der Waals surface area contributed by atoms with Crippen molar-refractivity contribution < 1.29 is 0 Å². The van der Waals surface area contributed by atoms with Crippen LogP contribution in [0.4, 0.5) is 0 Å². The summed E-state index contributed by atoms with van der Waals surface area (Å²) in [6.45, 7) is 7.76. The van der Waals surface area contributed by atoms with E-state index in [1.807, 2.05) is 0 Å². The third-order valence-corrected chi connectivity index (χ3v) is 2.97. The minimum Gasteiger partial charge on any atom is -0.358 e. The van der Waals surface area contributed by atoms with Gasteiger partial charge in [-0.2, -0.15) is 0 Å². The van der Waals surface area contributed by atoms with Crippen molar-refractivity contribution in [3.63, 3.8) is 0 Å². The average Bonchev–Trinajstić information content (AvgIpc) is 2.34. The molecule has 2 unspecified atom stereocenters. The molecule has 1 fully saturated rings. The Morgan fingerprint density at radius 3 is 2.58 bits per heavy atom. The van der Waals surface area contributed by atoms with Gasteiger partial charge in [-0.1, -0.05) is 13.8 Å². The number of rotatable bonds is 2. The van der Waals surface area contributed by atoms with Crippen LogP contribution in [-0.4, -0.2) is 23.3 Å². The fourth-order valence-electron chi connectivity index (χ4n) is 1.86. The van der Waals surface area contributed by atoms with E-state index >= 15 is 0 Å². The molecule has 0 aliphatic carbocycles. The molecular formula is C10H20N2. The molecule has 0 amide bonds. The zero-order valence-corrected chi connectivity index (χ0v) is 8.43. The molecule has 0 aromatic rings. The predicted molar refractivity (Wildman–Crippen MR) is 52.6 cm³/mol. The maximum absolute atomic E-state index is 7.83. The zero-order chi connectivity index (χ0) is 9.14. The second-order valence-electron chi connectivity index (χ2n) is 3.90. The fourth-order valence-corrected chi connectivity index (χ4v) is 1.86. The van der Waals surface area contributed by atoms with Gasteiger partial charge >= 0.3 is 0 Å². The third-order valence-electron chi connectivity index (χ3n) is 2.97. The number of amidine groups is 1. The molecule has 2 atom stereocenters. The van der Waals surface area contributed by atoms with Gasteiger partial charge in [0, 0.05) is 19.0 Å². The Hall–Kier alpha value is -0.530. The molecule has 0 bridgehead atoms. The maximum Gasteiger partial charge on any atom is 0.0960 e. The molecule has 0 spiro atoms. The number of hydrogen-bond acceptors (Lipinski definition) is 1. The molecule has 0 radical (unpaired) electrons. The summed E-state index contributed by atoms with van der Waals surface area (Å²) in [5, 5.41) is 7.83. The van der Waals surface area contributed by atoms with Crippen LogP contribution in [0.3, 0.4) is 0 Å². The topological polar surface area (TPSA) is 27.1 Å². The van der Waals surface area contributed by atoms with Gasteiger partial charge in [-0.15, -0.1) is 0 Å². The summed E-state index contributed by atoms with van der Waals surface area (Å²) in [6.07, 6.45) is 3.29. The van der Waals surface area contributed by atoms with Crippen molar-refractivity contribution in [2.24, 2.45) is 5.92 Å². The van der Waals surface area contributed by atoms with Crippen molar-refractivity contribution in [1.82, 2.24) is 4.90 Å². The molecule has 2 nitrogen and oxygen atoms in total. The quantitative estimate of drug-likeness (QED) is 0.498. The molecular weight excluding hydrogens is 148 g/mol. The smallest absolute Gasteiger partial charge is 0.0960 e. The van der Waals surface area contributed by atoms with E-state index in [1.165, 1.54) is 6.42 Å². The van der Waals surface area contributed by atoms with Crippen molar-refractivity contribution in [1.29, 1.82) is 5.41 Å². The van der Waals surface area contributed by atoms with Gasteiger partial charge in [0.2, 0.25) is 0 Å². The van der Waals surface area contributed by atoms with Crippen LogP contribution in [0, 0.1) is 11.3 Å². The summed E-state index contributed by atoms with van der Waals surface area (Å²) in [5.74, 6) is 1.61. The molecule has 0 aromatic heterocycles. The number of likely N-dealkylation sites (tertiary alicyclic amines) is 1. The average molecular weight is 168 g/mol. The minimum absolute atomic E-state index is 0.587. The zero-order valence-electron chi connectivity index (χ0n) is 8.43. The largest absolute Gasteiger partial charge is 0.358 e. The molecule has 0 saturated carbocycles. The lowest BCUT2D eigenvalue weighted by Gasteiger charge is -2.25. The summed E-state index contributed by atoms with van der Waals surface area (Å²) in [6, 6.07) is 0.587. The first-order valence-corrected chi connectivity index (χ1v) is 5.00. The Kier molecular flexibility index (Phi) is 3.12. The summed E-state index contributed by atoms with van der Waals surface area (Å²) in [4.78, 5) is 2.26. The van der Waals surface area contributed by atoms with Crippen LogP contribution in [0.5, 0.6) is 0 Å². The molecule has 1 aliphatic heterocycles.